The van der Waals surface area contributed by atoms with Crippen molar-refractivity contribution in [2.24, 2.45) is 0 Å². The third-order valence-electron chi connectivity index (χ3n) is 1.52. The largest absolute Gasteiger partial charge is 0.276 e. The zero-order valence-corrected chi connectivity index (χ0v) is 7.73. The van der Waals surface area contributed by atoms with Crippen LogP contribution in [0, 0.1) is 21.4 Å². The molecule has 0 aliphatic rings. The van der Waals surface area contributed by atoms with Gasteiger partial charge in [-0.3, -0.25) is 10.1 Å². The standard InChI is InChI=1S/C9H5ClN2O2/c10-8(6-11)5-7-3-1-2-4-9(7)12(13)14/h1-5H. The third kappa shape index (κ3) is 2.31. The Morgan fingerprint density at radius 3 is 2.79 bits per heavy atom. The van der Waals surface area contributed by atoms with Crippen LogP contribution in [0.15, 0.2) is 29.3 Å². The predicted octanol–water partition coefficient (Wildman–Crippen LogP) is 2.70. The monoisotopic (exact) mass is 208 g/mol. The van der Waals surface area contributed by atoms with E-state index in [1.165, 1.54) is 18.2 Å². The SMILES string of the molecule is N#CC(Cl)=Cc1ccccc1[N+](=O)[O-]. The Morgan fingerprint density at radius 1 is 1.57 bits per heavy atom. The summed E-state index contributed by atoms with van der Waals surface area (Å²) in [4.78, 5) is 10.0. The minimum atomic E-state index is -0.520. The molecule has 1 aromatic carbocycles. The second-order valence-electron chi connectivity index (χ2n) is 2.42. The van der Waals surface area contributed by atoms with E-state index in [0.717, 1.165) is 0 Å². The van der Waals surface area contributed by atoms with Gasteiger partial charge in [-0.2, -0.15) is 5.26 Å². The van der Waals surface area contributed by atoms with E-state index in [0.29, 0.717) is 5.56 Å². The molecule has 0 heterocycles. The molecule has 70 valence electrons. The van der Waals surface area contributed by atoms with E-state index in [1.54, 1.807) is 18.2 Å². The molecule has 0 fully saturated rings. The highest BCUT2D eigenvalue weighted by Crippen LogP contribution is 2.21. The molecule has 4 nitrogen and oxygen atoms in total. The Morgan fingerprint density at radius 2 is 2.21 bits per heavy atom. The van der Waals surface area contributed by atoms with E-state index in [9.17, 15) is 10.1 Å². The average molecular weight is 209 g/mol. The number of rotatable bonds is 2. The van der Waals surface area contributed by atoms with E-state index in [1.807, 2.05) is 0 Å². The summed E-state index contributed by atoms with van der Waals surface area (Å²) in [6.07, 6.45) is 1.26. The molecule has 0 saturated heterocycles. The summed E-state index contributed by atoms with van der Waals surface area (Å²) in [5, 5.41) is 18.9. The van der Waals surface area contributed by atoms with Gasteiger partial charge in [-0.15, -0.1) is 0 Å². The van der Waals surface area contributed by atoms with Crippen LogP contribution in [-0.4, -0.2) is 4.92 Å². The molecule has 0 bridgehead atoms. The van der Waals surface area contributed by atoms with Gasteiger partial charge in [0.2, 0.25) is 0 Å². The van der Waals surface area contributed by atoms with Gasteiger partial charge < -0.3 is 0 Å². The highest BCUT2D eigenvalue weighted by atomic mass is 35.5. The van der Waals surface area contributed by atoms with Crippen LogP contribution in [0.25, 0.3) is 6.08 Å². The molecule has 5 heteroatoms. The van der Waals surface area contributed by atoms with E-state index in [-0.39, 0.29) is 10.7 Å². The van der Waals surface area contributed by atoms with Crippen LogP contribution in [-0.2, 0) is 0 Å². The Labute approximate surface area is 85.2 Å². The summed E-state index contributed by atoms with van der Waals surface area (Å²) in [5.74, 6) is 0. The van der Waals surface area contributed by atoms with Crippen molar-refractivity contribution in [2.75, 3.05) is 0 Å². The fraction of sp³-hybridized carbons (Fsp3) is 0. The summed E-state index contributed by atoms with van der Waals surface area (Å²) in [5.41, 5.74) is 0.255. The first-order valence-corrected chi connectivity index (χ1v) is 4.03. The molecule has 0 aliphatic heterocycles. The van der Waals surface area contributed by atoms with Crippen molar-refractivity contribution in [2.45, 2.75) is 0 Å². The maximum Gasteiger partial charge on any atom is 0.276 e. The maximum atomic E-state index is 10.5. The zero-order chi connectivity index (χ0) is 10.6. The van der Waals surface area contributed by atoms with Gasteiger partial charge in [0, 0.05) is 6.07 Å². The van der Waals surface area contributed by atoms with E-state index in [2.05, 4.69) is 0 Å². The number of allylic oxidation sites excluding steroid dienone is 1. The molecular weight excluding hydrogens is 204 g/mol. The first-order chi connectivity index (χ1) is 6.65. The Hall–Kier alpha value is -1.86. The van der Waals surface area contributed by atoms with Gasteiger partial charge in [-0.05, 0) is 12.1 Å². The number of nitro groups is 1. The van der Waals surface area contributed by atoms with Crippen LogP contribution in [0.2, 0.25) is 0 Å². The Kier molecular flexibility index (Phi) is 3.21. The van der Waals surface area contributed by atoms with Crippen molar-refractivity contribution < 1.29 is 4.92 Å². The molecule has 0 atom stereocenters. The molecule has 1 rings (SSSR count). The van der Waals surface area contributed by atoms with Crippen molar-refractivity contribution in [3.63, 3.8) is 0 Å². The van der Waals surface area contributed by atoms with Gasteiger partial charge in [0.15, 0.2) is 0 Å². The number of halogens is 1. The zero-order valence-electron chi connectivity index (χ0n) is 6.98. The summed E-state index contributed by atoms with van der Waals surface area (Å²) >= 11 is 5.45. The summed E-state index contributed by atoms with van der Waals surface area (Å²) in [6.45, 7) is 0. The molecule has 0 aliphatic carbocycles. The van der Waals surface area contributed by atoms with Gasteiger partial charge >= 0.3 is 0 Å². The Bertz CT molecular complexity index is 435. The molecule has 1 aromatic rings. The molecule has 0 radical (unpaired) electrons. The number of hydrogen-bond acceptors (Lipinski definition) is 3. The lowest BCUT2D eigenvalue weighted by molar-refractivity contribution is -0.385. The van der Waals surface area contributed by atoms with Crippen molar-refractivity contribution in [3.8, 4) is 6.07 Å². The molecular formula is C9H5ClN2O2. The van der Waals surface area contributed by atoms with Gasteiger partial charge in [-0.25, -0.2) is 0 Å². The summed E-state index contributed by atoms with van der Waals surface area (Å²) in [6, 6.07) is 7.75. The van der Waals surface area contributed by atoms with Crippen molar-refractivity contribution in [1.82, 2.24) is 0 Å². The number of nitriles is 1. The number of benzene rings is 1. The minimum absolute atomic E-state index is 0.0686. The number of nitrogens with zero attached hydrogens (tertiary/aromatic N) is 2. The molecule has 0 unspecified atom stereocenters. The number of hydrogen-bond donors (Lipinski definition) is 0. The molecule has 0 N–H and O–H groups in total. The van der Waals surface area contributed by atoms with Crippen molar-refractivity contribution in [3.05, 3.63) is 45.0 Å². The quantitative estimate of drug-likeness (QED) is 0.426. The fourth-order valence-corrected chi connectivity index (χ4v) is 1.06. The van der Waals surface area contributed by atoms with Gasteiger partial charge in [-0.1, -0.05) is 23.7 Å². The van der Waals surface area contributed by atoms with Gasteiger partial charge in [0.1, 0.15) is 11.1 Å². The van der Waals surface area contributed by atoms with Crippen molar-refractivity contribution in [1.29, 1.82) is 5.26 Å². The molecule has 0 aromatic heterocycles. The summed E-state index contributed by atoms with van der Waals surface area (Å²) < 4.78 is 0. The van der Waals surface area contributed by atoms with Crippen molar-refractivity contribution >= 4 is 23.4 Å². The third-order valence-corrected chi connectivity index (χ3v) is 1.72. The molecule has 0 amide bonds. The first-order valence-electron chi connectivity index (χ1n) is 3.66. The lowest BCUT2D eigenvalue weighted by Crippen LogP contribution is -1.90. The Balaban J connectivity index is 3.22. The molecule has 0 saturated carbocycles. The fourth-order valence-electron chi connectivity index (χ4n) is 0.945. The van der Waals surface area contributed by atoms with Crippen LogP contribution in [0.3, 0.4) is 0 Å². The molecule has 0 spiro atoms. The average Bonchev–Trinajstić information content (AvgIpc) is 2.18. The summed E-state index contributed by atoms with van der Waals surface area (Å²) in [7, 11) is 0. The van der Waals surface area contributed by atoms with E-state index >= 15 is 0 Å². The topological polar surface area (TPSA) is 66.9 Å². The number of para-hydroxylation sites is 1. The van der Waals surface area contributed by atoms with Crippen LogP contribution < -0.4 is 0 Å². The smallest absolute Gasteiger partial charge is 0.258 e. The lowest BCUT2D eigenvalue weighted by Gasteiger charge is -1.95. The normalized spacial score (nSPS) is 10.7. The van der Waals surface area contributed by atoms with Crippen LogP contribution in [0.1, 0.15) is 5.56 Å². The molecule has 14 heavy (non-hydrogen) atoms. The number of nitro benzene ring substituents is 1. The highest BCUT2D eigenvalue weighted by molar-refractivity contribution is 6.33. The maximum absolute atomic E-state index is 10.5. The second-order valence-corrected chi connectivity index (χ2v) is 2.83. The minimum Gasteiger partial charge on any atom is -0.258 e. The van der Waals surface area contributed by atoms with Crippen LogP contribution >= 0.6 is 11.6 Å². The van der Waals surface area contributed by atoms with Gasteiger partial charge in [0.25, 0.3) is 5.69 Å². The van der Waals surface area contributed by atoms with Crippen LogP contribution in [0.5, 0.6) is 0 Å². The lowest BCUT2D eigenvalue weighted by atomic mass is 10.1. The predicted molar refractivity (Wildman–Crippen MR) is 52.5 cm³/mol. The van der Waals surface area contributed by atoms with Crippen LogP contribution in [0.4, 0.5) is 5.69 Å². The first kappa shape index (κ1) is 10.2. The van der Waals surface area contributed by atoms with Gasteiger partial charge in [0.05, 0.1) is 10.5 Å². The highest BCUT2D eigenvalue weighted by Gasteiger charge is 2.10. The second kappa shape index (κ2) is 4.40. The van der Waals surface area contributed by atoms with E-state index in [4.69, 9.17) is 16.9 Å². The van der Waals surface area contributed by atoms with E-state index < -0.39 is 4.92 Å².